The van der Waals surface area contributed by atoms with Gasteiger partial charge in [-0.3, -0.25) is 19.7 Å². The lowest BCUT2D eigenvalue weighted by Crippen LogP contribution is -2.46. The van der Waals surface area contributed by atoms with Crippen molar-refractivity contribution in [2.75, 3.05) is 13.1 Å². The van der Waals surface area contributed by atoms with E-state index in [4.69, 9.17) is 0 Å². The molecule has 0 aliphatic rings. The number of nitro groups is 1. The largest absolute Gasteiger partial charge is 0.353 e. The van der Waals surface area contributed by atoms with Crippen LogP contribution in [0.5, 0.6) is 0 Å². The maximum atomic E-state index is 13.1. The van der Waals surface area contributed by atoms with Gasteiger partial charge in [0.05, 0.1) is 11.5 Å². The van der Waals surface area contributed by atoms with Crippen molar-refractivity contribution in [3.05, 3.63) is 70.0 Å². The molecule has 8 nitrogen and oxygen atoms in total. The molecule has 0 bridgehead atoms. The summed E-state index contributed by atoms with van der Waals surface area (Å²) in [6.07, 6.45) is 4.94. The van der Waals surface area contributed by atoms with Gasteiger partial charge in [-0.1, -0.05) is 13.8 Å². The van der Waals surface area contributed by atoms with E-state index in [1.54, 1.807) is 23.1 Å². The fourth-order valence-corrected chi connectivity index (χ4v) is 3.28. The topological polar surface area (TPSA) is 88.7 Å². The van der Waals surface area contributed by atoms with Gasteiger partial charge in [-0.25, -0.2) is 0 Å². The molecule has 2 rings (SSSR count). The molecule has 0 aliphatic heterocycles. The average Bonchev–Trinajstić information content (AvgIpc) is 3.13. The molecule has 1 aromatic carbocycles. The summed E-state index contributed by atoms with van der Waals surface area (Å²) < 4.78 is 1.99. The van der Waals surface area contributed by atoms with Gasteiger partial charge in [0.2, 0.25) is 11.8 Å². The molecule has 0 N–H and O–H groups in total. The number of aryl methyl sites for hydroxylation is 1. The van der Waals surface area contributed by atoms with E-state index in [-0.39, 0.29) is 30.1 Å². The molecule has 0 saturated heterocycles. The molecule has 2 aromatic rings. The van der Waals surface area contributed by atoms with E-state index in [2.05, 4.69) is 13.8 Å². The molecule has 8 heteroatoms. The normalized spacial score (nSPS) is 11.3. The molecule has 0 unspecified atom stereocenters. The lowest BCUT2D eigenvalue weighted by Gasteiger charge is -2.30. The molecule has 0 radical (unpaired) electrons. The Labute approximate surface area is 189 Å². The van der Waals surface area contributed by atoms with Crippen molar-refractivity contribution < 1.29 is 14.5 Å². The van der Waals surface area contributed by atoms with Crippen LogP contribution in [0.4, 0.5) is 5.69 Å². The van der Waals surface area contributed by atoms with Crippen LogP contribution < -0.4 is 0 Å². The van der Waals surface area contributed by atoms with Gasteiger partial charge in [0.25, 0.3) is 5.69 Å². The highest BCUT2D eigenvalue weighted by Crippen LogP contribution is 2.14. The lowest BCUT2D eigenvalue weighted by molar-refractivity contribution is -0.384. The fourth-order valence-electron chi connectivity index (χ4n) is 3.28. The highest BCUT2D eigenvalue weighted by molar-refractivity contribution is 5.94. The van der Waals surface area contributed by atoms with Crippen LogP contribution in [0, 0.1) is 16.0 Å². The summed E-state index contributed by atoms with van der Waals surface area (Å²) in [5.74, 6) is -0.0924. The number of hydrogen-bond donors (Lipinski definition) is 0. The Balaban J connectivity index is 2.11. The zero-order valence-corrected chi connectivity index (χ0v) is 19.4. The molecule has 172 valence electrons. The fraction of sp³-hybridized carbons (Fsp3) is 0.417. The Morgan fingerprint density at radius 3 is 2.28 bits per heavy atom. The summed E-state index contributed by atoms with van der Waals surface area (Å²) in [6.45, 7) is 8.93. The second-order valence-corrected chi connectivity index (χ2v) is 8.52. The van der Waals surface area contributed by atoms with Crippen LogP contribution in [-0.2, 0) is 23.2 Å². The molecule has 0 atom stereocenters. The minimum atomic E-state index is -0.469. The van der Waals surface area contributed by atoms with E-state index in [1.165, 1.54) is 23.1 Å². The number of amides is 2. The summed E-state index contributed by atoms with van der Waals surface area (Å²) >= 11 is 0. The first-order valence-electron chi connectivity index (χ1n) is 10.7. The van der Waals surface area contributed by atoms with Gasteiger partial charge >= 0.3 is 0 Å². The van der Waals surface area contributed by atoms with Crippen LogP contribution in [0.2, 0.25) is 0 Å². The number of nitrogens with zero attached hydrogens (tertiary/aromatic N) is 4. The molecule has 0 spiro atoms. The Bertz CT molecular complexity index is 961. The molecule has 2 amide bonds. The number of non-ortho nitro benzene ring substituents is 1. The van der Waals surface area contributed by atoms with E-state index >= 15 is 0 Å². The molecule has 32 heavy (non-hydrogen) atoms. The van der Waals surface area contributed by atoms with Crippen molar-refractivity contribution in [3.8, 4) is 0 Å². The second kappa shape index (κ2) is 11.3. The van der Waals surface area contributed by atoms with E-state index in [1.807, 2.05) is 43.8 Å². The smallest absolute Gasteiger partial charge is 0.269 e. The quantitative estimate of drug-likeness (QED) is 0.319. The highest BCUT2D eigenvalue weighted by atomic mass is 16.6. The maximum absolute atomic E-state index is 13.1. The van der Waals surface area contributed by atoms with E-state index in [0.717, 1.165) is 5.69 Å². The van der Waals surface area contributed by atoms with Gasteiger partial charge in [-0.15, -0.1) is 0 Å². The molecular formula is C24H32N4O4. The van der Waals surface area contributed by atoms with Gasteiger partial charge in [-0.2, -0.15) is 0 Å². The van der Waals surface area contributed by atoms with Gasteiger partial charge < -0.3 is 14.4 Å². The Morgan fingerprint density at radius 2 is 1.78 bits per heavy atom. The van der Waals surface area contributed by atoms with Crippen molar-refractivity contribution >= 4 is 23.6 Å². The Hall–Kier alpha value is -3.42. The summed E-state index contributed by atoms with van der Waals surface area (Å²) in [5.41, 5.74) is 1.69. The zero-order valence-electron chi connectivity index (χ0n) is 19.4. The van der Waals surface area contributed by atoms with Crippen LogP contribution >= 0.6 is 0 Å². The Morgan fingerprint density at radius 1 is 1.12 bits per heavy atom. The average molecular weight is 441 g/mol. The Kier molecular flexibility index (Phi) is 8.75. The molecule has 0 aliphatic carbocycles. The predicted octanol–water partition coefficient (Wildman–Crippen LogP) is 3.87. The van der Waals surface area contributed by atoms with Crippen LogP contribution in [0.25, 0.3) is 6.08 Å². The van der Waals surface area contributed by atoms with E-state index in [0.29, 0.717) is 24.6 Å². The van der Waals surface area contributed by atoms with E-state index in [9.17, 15) is 19.7 Å². The summed E-state index contributed by atoms with van der Waals surface area (Å²) in [7, 11) is 1.94. The molecular weight excluding hydrogens is 408 g/mol. The summed E-state index contributed by atoms with van der Waals surface area (Å²) in [5, 5.41) is 10.8. The maximum Gasteiger partial charge on any atom is 0.269 e. The third-order valence-corrected chi connectivity index (χ3v) is 5.08. The van der Waals surface area contributed by atoms with E-state index < -0.39 is 4.92 Å². The highest BCUT2D eigenvalue weighted by Gasteiger charge is 2.23. The third kappa shape index (κ3) is 7.08. The van der Waals surface area contributed by atoms with Crippen LogP contribution in [0.15, 0.2) is 48.7 Å². The first-order chi connectivity index (χ1) is 15.1. The van der Waals surface area contributed by atoms with Crippen molar-refractivity contribution in [2.45, 2.75) is 40.3 Å². The number of carbonyl (C=O) groups excluding carboxylic acids is 2. The first-order valence-corrected chi connectivity index (χ1v) is 10.7. The summed E-state index contributed by atoms with van der Waals surface area (Å²) in [6, 6.07) is 9.71. The number of benzene rings is 1. The van der Waals surface area contributed by atoms with Crippen molar-refractivity contribution in [3.63, 3.8) is 0 Å². The summed E-state index contributed by atoms with van der Waals surface area (Å²) in [4.78, 5) is 39.6. The third-order valence-electron chi connectivity index (χ3n) is 5.08. The minimum absolute atomic E-state index is 0.00801. The van der Waals surface area contributed by atoms with Crippen LogP contribution in [-0.4, -0.2) is 50.2 Å². The second-order valence-electron chi connectivity index (χ2n) is 8.52. The van der Waals surface area contributed by atoms with Crippen LogP contribution in [0.3, 0.4) is 0 Å². The predicted molar refractivity (Wildman–Crippen MR) is 125 cm³/mol. The van der Waals surface area contributed by atoms with Crippen molar-refractivity contribution in [2.24, 2.45) is 13.0 Å². The minimum Gasteiger partial charge on any atom is -0.353 e. The molecule has 1 heterocycles. The SMILES string of the molecule is CC(C)CN(Cc1cccn1C)C(=O)CN(C(=O)/C=C/c1ccc([N+](=O)[O-])cc1)C(C)C. The number of carbonyl (C=O) groups is 2. The van der Waals surface area contributed by atoms with Crippen molar-refractivity contribution in [1.29, 1.82) is 0 Å². The number of hydrogen-bond acceptors (Lipinski definition) is 4. The van der Waals surface area contributed by atoms with Gasteiger partial charge in [0.1, 0.15) is 6.54 Å². The number of rotatable bonds is 10. The number of aromatic nitrogens is 1. The van der Waals surface area contributed by atoms with Gasteiger partial charge in [0.15, 0.2) is 0 Å². The number of nitro benzene ring substituents is 1. The zero-order chi connectivity index (χ0) is 23.8. The standard InChI is InChI=1S/C24H32N4O4/c1-18(2)15-26(16-22-7-6-14-25(22)5)24(30)17-27(19(3)4)23(29)13-10-20-8-11-21(12-9-20)28(31)32/h6-14,18-19H,15-17H2,1-5H3/b13-10+. The molecule has 0 fully saturated rings. The van der Waals surface area contributed by atoms with Gasteiger partial charge in [-0.05, 0) is 55.7 Å². The lowest BCUT2D eigenvalue weighted by atomic mass is 10.1. The first kappa shape index (κ1) is 24.8. The van der Waals surface area contributed by atoms with Gasteiger partial charge in [0, 0.05) is 49.7 Å². The molecule has 0 saturated carbocycles. The molecule has 1 aromatic heterocycles. The monoisotopic (exact) mass is 440 g/mol. The van der Waals surface area contributed by atoms with Crippen molar-refractivity contribution in [1.82, 2.24) is 14.4 Å². The van der Waals surface area contributed by atoms with Crippen LogP contribution in [0.1, 0.15) is 39.0 Å².